The first kappa shape index (κ1) is 9.96. The Morgan fingerprint density at radius 1 is 1.36 bits per heavy atom. The molecule has 0 bridgehead atoms. The summed E-state index contributed by atoms with van der Waals surface area (Å²) in [5, 5.41) is 6.69. The molecule has 8 nitrogen and oxygen atoms in total. The summed E-state index contributed by atoms with van der Waals surface area (Å²) in [5.41, 5.74) is 4.79. The van der Waals surface area contributed by atoms with Gasteiger partial charge in [-0.25, -0.2) is 4.79 Å². The van der Waals surface area contributed by atoms with E-state index in [0.29, 0.717) is 0 Å². The molecule has 1 aliphatic rings. The van der Waals surface area contributed by atoms with Gasteiger partial charge in [0.25, 0.3) is 0 Å². The first-order valence-electron chi connectivity index (χ1n) is 3.79. The van der Waals surface area contributed by atoms with Gasteiger partial charge in [0.1, 0.15) is 0 Å². The van der Waals surface area contributed by atoms with E-state index in [1.54, 1.807) is 0 Å². The third-order valence-corrected chi connectivity index (χ3v) is 1.35. The summed E-state index contributed by atoms with van der Waals surface area (Å²) in [4.78, 5) is 35.3. The first-order chi connectivity index (χ1) is 6.59. The standard InChI is InChI=1S/C6H9N5O3/c7-5(14)8-1-2-9-6-10-3(12)4(13)11-6/h1-2H2,(H3,7,8,14)(H2,9,10,11,12,13). The SMILES string of the molecule is NC(=O)NCCN=C1NC(=O)C(=O)N1. The smallest absolute Gasteiger partial charge is 0.316 e. The monoisotopic (exact) mass is 199 g/mol. The molecular formula is C6H9N5O3. The number of rotatable bonds is 3. The van der Waals surface area contributed by atoms with Crippen molar-refractivity contribution in [1.82, 2.24) is 16.0 Å². The lowest BCUT2D eigenvalue weighted by Gasteiger charge is -1.98. The van der Waals surface area contributed by atoms with E-state index in [1.807, 2.05) is 0 Å². The maximum Gasteiger partial charge on any atom is 0.316 e. The summed E-state index contributed by atoms with van der Waals surface area (Å²) in [6.45, 7) is 0.462. The number of guanidine groups is 1. The molecule has 1 aliphatic heterocycles. The van der Waals surface area contributed by atoms with Gasteiger partial charge in [-0.15, -0.1) is 0 Å². The molecule has 1 rings (SSSR count). The van der Waals surface area contributed by atoms with Gasteiger partial charge in [0.15, 0.2) is 0 Å². The molecule has 4 amide bonds. The summed E-state index contributed by atoms with van der Waals surface area (Å²) >= 11 is 0. The van der Waals surface area contributed by atoms with Gasteiger partial charge in [-0.3, -0.25) is 25.2 Å². The Morgan fingerprint density at radius 2 is 1.93 bits per heavy atom. The van der Waals surface area contributed by atoms with Crippen LogP contribution in [0.1, 0.15) is 0 Å². The quantitative estimate of drug-likeness (QED) is 0.291. The second-order valence-electron chi connectivity index (χ2n) is 2.43. The van der Waals surface area contributed by atoms with E-state index in [4.69, 9.17) is 5.73 Å². The van der Waals surface area contributed by atoms with Gasteiger partial charge in [-0.2, -0.15) is 0 Å². The van der Waals surface area contributed by atoms with Gasteiger partial charge >= 0.3 is 17.8 Å². The van der Waals surface area contributed by atoms with Crippen LogP contribution in [0.25, 0.3) is 0 Å². The number of aliphatic imine (C=N–C) groups is 1. The van der Waals surface area contributed by atoms with E-state index in [1.165, 1.54) is 0 Å². The Balaban J connectivity index is 2.29. The molecular weight excluding hydrogens is 190 g/mol. The maximum atomic E-state index is 10.6. The topological polar surface area (TPSA) is 126 Å². The number of hydrogen-bond acceptors (Lipinski definition) is 4. The van der Waals surface area contributed by atoms with Gasteiger partial charge in [-0.1, -0.05) is 0 Å². The molecule has 8 heteroatoms. The normalized spacial score (nSPS) is 14.7. The van der Waals surface area contributed by atoms with Crippen LogP contribution in [0.2, 0.25) is 0 Å². The highest BCUT2D eigenvalue weighted by molar-refractivity contribution is 6.45. The Hall–Kier alpha value is -2.12. The van der Waals surface area contributed by atoms with Crippen LogP contribution in [0.4, 0.5) is 4.79 Å². The fraction of sp³-hybridized carbons (Fsp3) is 0.333. The number of carbonyl (C=O) groups excluding carboxylic acids is 3. The van der Waals surface area contributed by atoms with Crippen molar-refractivity contribution in [2.24, 2.45) is 10.7 Å². The van der Waals surface area contributed by atoms with E-state index in [9.17, 15) is 14.4 Å². The van der Waals surface area contributed by atoms with Crippen LogP contribution < -0.4 is 21.7 Å². The predicted molar refractivity (Wildman–Crippen MR) is 46.2 cm³/mol. The summed E-state index contributed by atoms with van der Waals surface area (Å²) in [6.07, 6.45) is 0. The largest absolute Gasteiger partial charge is 0.352 e. The summed E-state index contributed by atoms with van der Waals surface area (Å²) in [6, 6.07) is -0.648. The number of hydrogen-bond donors (Lipinski definition) is 4. The minimum Gasteiger partial charge on any atom is -0.352 e. The molecule has 76 valence electrons. The van der Waals surface area contributed by atoms with Crippen LogP contribution >= 0.6 is 0 Å². The van der Waals surface area contributed by atoms with Crippen LogP contribution in [0.15, 0.2) is 4.99 Å². The summed E-state index contributed by atoms with van der Waals surface area (Å²) in [5.74, 6) is -1.40. The molecule has 1 heterocycles. The molecule has 0 aromatic heterocycles. The molecule has 0 aromatic rings. The van der Waals surface area contributed by atoms with Crippen LogP contribution in [0.5, 0.6) is 0 Å². The van der Waals surface area contributed by atoms with Crippen molar-refractivity contribution in [3.05, 3.63) is 0 Å². The Bertz CT molecular complexity index is 293. The van der Waals surface area contributed by atoms with Crippen molar-refractivity contribution >= 4 is 23.8 Å². The highest BCUT2D eigenvalue weighted by Crippen LogP contribution is 1.82. The number of nitrogens with zero attached hydrogens (tertiary/aromatic N) is 1. The predicted octanol–water partition coefficient (Wildman–Crippen LogP) is -2.74. The zero-order chi connectivity index (χ0) is 10.6. The Labute approximate surface area is 78.9 Å². The van der Waals surface area contributed by atoms with Crippen molar-refractivity contribution in [2.45, 2.75) is 0 Å². The lowest BCUT2D eigenvalue weighted by Crippen LogP contribution is -2.32. The van der Waals surface area contributed by atoms with E-state index in [-0.39, 0.29) is 19.0 Å². The zero-order valence-electron chi connectivity index (χ0n) is 7.16. The molecule has 0 aliphatic carbocycles. The average Bonchev–Trinajstić information content (AvgIpc) is 2.40. The third kappa shape index (κ3) is 2.73. The second kappa shape index (κ2) is 4.21. The van der Waals surface area contributed by atoms with E-state index < -0.39 is 17.8 Å². The molecule has 0 aromatic carbocycles. The molecule has 1 saturated heterocycles. The number of urea groups is 1. The number of nitrogens with one attached hydrogen (secondary N) is 3. The lowest BCUT2D eigenvalue weighted by molar-refractivity contribution is -0.135. The van der Waals surface area contributed by atoms with Gasteiger partial charge in [0.2, 0.25) is 5.96 Å². The van der Waals surface area contributed by atoms with Crippen molar-refractivity contribution in [1.29, 1.82) is 0 Å². The van der Waals surface area contributed by atoms with Crippen molar-refractivity contribution in [3.8, 4) is 0 Å². The molecule has 0 spiro atoms. The average molecular weight is 199 g/mol. The van der Waals surface area contributed by atoms with Crippen LogP contribution in [0.3, 0.4) is 0 Å². The fourth-order valence-corrected chi connectivity index (χ4v) is 0.786. The third-order valence-electron chi connectivity index (χ3n) is 1.35. The van der Waals surface area contributed by atoms with Crippen molar-refractivity contribution in [2.75, 3.05) is 13.1 Å². The highest BCUT2D eigenvalue weighted by atomic mass is 16.2. The molecule has 14 heavy (non-hydrogen) atoms. The molecule has 0 radical (unpaired) electrons. The van der Waals surface area contributed by atoms with E-state index in [2.05, 4.69) is 20.9 Å². The zero-order valence-corrected chi connectivity index (χ0v) is 7.16. The van der Waals surface area contributed by atoms with Crippen molar-refractivity contribution in [3.63, 3.8) is 0 Å². The number of nitrogens with two attached hydrogens (primary N) is 1. The van der Waals surface area contributed by atoms with Gasteiger partial charge < -0.3 is 11.1 Å². The lowest BCUT2D eigenvalue weighted by atomic mass is 10.6. The Kier molecular flexibility index (Phi) is 3.00. The second-order valence-corrected chi connectivity index (χ2v) is 2.43. The van der Waals surface area contributed by atoms with Gasteiger partial charge in [0, 0.05) is 6.54 Å². The highest BCUT2D eigenvalue weighted by Gasteiger charge is 2.24. The molecule has 1 fully saturated rings. The van der Waals surface area contributed by atoms with E-state index >= 15 is 0 Å². The van der Waals surface area contributed by atoms with Crippen molar-refractivity contribution < 1.29 is 14.4 Å². The first-order valence-corrected chi connectivity index (χ1v) is 3.79. The number of carbonyl (C=O) groups is 3. The Morgan fingerprint density at radius 3 is 2.43 bits per heavy atom. The molecule has 5 N–H and O–H groups in total. The number of primary amides is 1. The van der Waals surface area contributed by atoms with Gasteiger partial charge in [-0.05, 0) is 0 Å². The van der Waals surface area contributed by atoms with Gasteiger partial charge in [0.05, 0.1) is 6.54 Å². The van der Waals surface area contributed by atoms with E-state index in [0.717, 1.165) is 0 Å². The summed E-state index contributed by atoms with van der Waals surface area (Å²) in [7, 11) is 0. The summed E-state index contributed by atoms with van der Waals surface area (Å²) < 4.78 is 0. The minimum atomic E-state index is -0.744. The molecule has 0 unspecified atom stereocenters. The minimum absolute atomic E-state index is 0.0891. The maximum absolute atomic E-state index is 10.6. The van der Waals surface area contributed by atoms with Crippen LogP contribution in [-0.2, 0) is 9.59 Å². The molecule has 0 saturated carbocycles. The van der Waals surface area contributed by atoms with Crippen LogP contribution in [0, 0.1) is 0 Å². The van der Waals surface area contributed by atoms with Crippen LogP contribution in [-0.4, -0.2) is 36.9 Å². The molecule has 0 atom stereocenters. The number of amides is 4. The fourth-order valence-electron chi connectivity index (χ4n) is 0.786.